The normalized spacial score (nSPS) is 12.0. The van der Waals surface area contributed by atoms with Crippen LogP contribution >= 0.6 is 11.6 Å². The first kappa shape index (κ1) is 18.5. The largest absolute Gasteiger partial charge is 0.492 e. The molecule has 0 atom stereocenters. The molecule has 2 aromatic rings. The fourth-order valence-corrected chi connectivity index (χ4v) is 3.75. The third-order valence-electron chi connectivity index (χ3n) is 2.95. The number of hydrogen-bond donors (Lipinski definition) is 2. The summed E-state index contributed by atoms with van der Waals surface area (Å²) in [4.78, 5) is -0.166. The number of nitrogens with one attached hydrogen (secondary N) is 1. The predicted octanol–water partition coefficient (Wildman–Crippen LogP) is 2.19. The Bertz CT molecular complexity index is 942. The third-order valence-corrected chi connectivity index (χ3v) is 5.55. The van der Waals surface area contributed by atoms with Crippen molar-refractivity contribution in [1.82, 2.24) is 0 Å². The van der Waals surface area contributed by atoms with Crippen LogP contribution < -0.4 is 14.6 Å². The van der Waals surface area contributed by atoms with Gasteiger partial charge in [0.15, 0.2) is 0 Å². The van der Waals surface area contributed by atoms with Crippen molar-refractivity contribution in [2.75, 3.05) is 11.3 Å². The minimum absolute atomic E-state index is 0.0496. The molecule has 0 saturated heterocycles. The van der Waals surface area contributed by atoms with E-state index in [1.54, 1.807) is 6.92 Å². The van der Waals surface area contributed by atoms with Gasteiger partial charge >= 0.3 is 0 Å². The summed E-state index contributed by atoms with van der Waals surface area (Å²) in [6.45, 7) is 2.19. The van der Waals surface area contributed by atoms with E-state index in [0.29, 0.717) is 12.4 Å². The second-order valence-electron chi connectivity index (χ2n) is 4.70. The van der Waals surface area contributed by atoms with Crippen LogP contribution in [-0.2, 0) is 20.0 Å². The fourth-order valence-electron chi connectivity index (χ4n) is 1.85. The molecule has 130 valence electrons. The van der Waals surface area contributed by atoms with Gasteiger partial charge in [0.25, 0.3) is 10.0 Å². The Morgan fingerprint density at radius 2 is 1.62 bits per heavy atom. The van der Waals surface area contributed by atoms with Crippen LogP contribution in [0.5, 0.6) is 5.75 Å². The number of sulfonamides is 2. The van der Waals surface area contributed by atoms with Crippen LogP contribution in [0.25, 0.3) is 0 Å². The first-order valence-corrected chi connectivity index (χ1v) is 10.1. The first-order valence-electron chi connectivity index (χ1n) is 6.71. The molecule has 3 N–H and O–H groups in total. The van der Waals surface area contributed by atoms with Crippen LogP contribution in [0, 0.1) is 0 Å². The van der Waals surface area contributed by atoms with E-state index in [1.807, 2.05) is 0 Å². The van der Waals surface area contributed by atoms with Gasteiger partial charge in [0.05, 0.1) is 21.4 Å². The average Bonchev–Trinajstić information content (AvgIpc) is 2.48. The summed E-state index contributed by atoms with van der Waals surface area (Å²) in [6, 6.07) is 9.10. The van der Waals surface area contributed by atoms with Crippen LogP contribution in [0.3, 0.4) is 0 Å². The van der Waals surface area contributed by atoms with Gasteiger partial charge in [0.1, 0.15) is 5.75 Å². The molecule has 0 heterocycles. The maximum atomic E-state index is 12.4. The second-order valence-corrected chi connectivity index (χ2v) is 8.35. The van der Waals surface area contributed by atoms with Gasteiger partial charge in [-0.25, -0.2) is 22.0 Å². The highest BCUT2D eigenvalue weighted by molar-refractivity contribution is 7.92. The molecule has 10 heteroatoms. The molecule has 0 amide bonds. The molecule has 0 aromatic heterocycles. The summed E-state index contributed by atoms with van der Waals surface area (Å²) < 4.78 is 54.7. The topological polar surface area (TPSA) is 116 Å². The molecule has 0 saturated carbocycles. The van der Waals surface area contributed by atoms with Crippen molar-refractivity contribution in [3.05, 3.63) is 47.5 Å². The number of rotatable bonds is 6. The zero-order valence-electron chi connectivity index (χ0n) is 12.6. The first-order chi connectivity index (χ1) is 11.1. The number of nitrogens with two attached hydrogens (primary N) is 1. The molecule has 0 bridgehead atoms. The Hall–Kier alpha value is -1.81. The monoisotopic (exact) mass is 390 g/mol. The van der Waals surface area contributed by atoms with Crippen LogP contribution in [0.2, 0.25) is 5.02 Å². The molecule has 0 spiro atoms. The fraction of sp³-hybridized carbons (Fsp3) is 0.143. The Balaban J connectivity index is 2.27. The summed E-state index contributed by atoms with van der Waals surface area (Å²) in [7, 11) is -7.73. The molecule has 0 aliphatic heterocycles. The predicted molar refractivity (Wildman–Crippen MR) is 91.2 cm³/mol. The van der Waals surface area contributed by atoms with Gasteiger partial charge < -0.3 is 4.74 Å². The van der Waals surface area contributed by atoms with E-state index in [9.17, 15) is 16.8 Å². The zero-order valence-corrected chi connectivity index (χ0v) is 15.0. The lowest BCUT2D eigenvalue weighted by Crippen LogP contribution is -2.14. The molecule has 0 unspecified atom stereocenters. The standard InChI is InChI=1S/C14H15ClN2O5S2/c1-2-22-14-8-7-12(9-13(14)15)24(20,21)17-10-3-5-11(6-4-10)23(16,18)19/h3-9,17H,2H2,1H3,(H2,16,18,19). The molecule has 7 nitrogen and oxygen atoms in total. The van der Waals surface area contributed by atoms with E-state index in [0.717, 1.165) is 0 Å². The number of primary sulfonamides is 1. The number of anilines is 1. The van der Waals surface area contributed by atoms with Gasteiger partial charge in [-0.15, -0.1) is 0 Å². The van der Waals surface area contributed by atoms with Crippen molar-refractivity contribution in [3.8, 4) is 5.75 Å². The second kappa shape index (κ2) is 6.98. The lowest BCUT2D eigenvalue weighted by Gasteiger charge is -2.11. The lowest BCUT2D eigenvalue weighted by atomic mass is 10.3. The zero-order chi connectivity index (χ0) is 18.0. The van der Waals surface area contributed by atoms with Gasteiger partial charge in [-0.3, -0.25) is 4.72 Å². The molecule has 24 heavy (non-hydrogen) atoms. The Kier molecular flexibility index (Phi) is 5.38. The lowest BCUT2D eigenvalue weighted by molar-refractivity contribution is 0.340. The van der Waals surface area contributed by atoms with Gasteiger partial charge in [-0.1, -0.05) is 11.6 Å². The molecular formula is C14H15ClN2O5S2. The van der Waals surface area contributed by atoms with Crippen molar-refractivity contribution in [2.24, 2.45) is 5.14 Å². The highest BCUT2D eigenvalue weighted by Crippen LogP contribution is 2.28. The van der Waals surface area contributed by atoms with Crippen LogP contribution in [0.1, 0.15) is 6.92 Å². The Morgan fingerprint density at radius 1 is 1.04 bits per heavy atom. The summed E-state index contributed by atoms with van der Waals surface area (Å²) >= 11 is 5.99. The number of halogens is 1. The smallest absolute Gasteiger partial charge is 0.261 e. The van der Waals surface area contributed by atoms with Crippen molar-refractivity contribution >= 4 is 37.3 Å². The molecule has 0 aliphatic carbocycles. The Labute approximate surface area is 145 Å². The highest BCUT2D eigenvalue weighted by atomic mass is 35.5. The third kappa shape index (κ3) is 4.38. The minimum atomic E-state index is -3.89. The van der Waals surface area contributed by atoms with Crippen molar-refractivity contribution < 1.29 is 21.6 Å². The van der Waals surface area contributed by atoms with E-state index in [2.05, 4.69) is 4.72 Å². The minimum Gasteiger partial charge on any atom is -0.492 e. The van der Waals surface area contributed by atoms with Gasteiger partial charge in [-0.2, -0.15) is 0 Å². The van der Waals surface area contributed by atoms with E-state index in [-0.39, 0.29) is 20.5 Å². The van der Waals surface area contributed by atoms with E-state index in [4.69, 9.17) is 21.5 Å². The summed E-state index contributed by atoms with van der Waals surface area (Å²) in [6.07, 6.45) is 0. The maximum Gasteiger partial charge on any atom is 0.261 e. The molecule has 0 fully saturated rings. The highest BCUT2D eigenvalue weighted by Gasteiger charge is 2.17. The van der Waals surface area contributed by atoms with E-state index >= 15 is 0 Å². The van der Waals surface area contributed by atoms with Gasteiger partial charge in [0.2, 0.25) is 10.0 Å². The van der Waals surface area contributed by atoms with Crippen LogP contribution in [-0.4, -0.2) is 23.4 Å². The molecular weight excluding hydrogens is 376 g/mol. The van der Waals surface area contributed by atoms with Crippen LogP contribution in [0.15, 0.2) is 52.3 Å². The van der Waals surface area contributed by atoms with Gasteiger partial charge in [-0.05, 0) is 49.4 Å². The quantitative estimate of drug-likeness (QED) is 0.784. The molecule has 2 rings (SSSR count). The number of benzene rings is 2. The summed E-state index contributed by atoms with van der Waals surface area (Å²) in [5.41, 5.74) is 0.187. The van der Waals surface area contributed by atoms with Crippen molar-refractivity contribution in [1.29, 1.82) is 0 Å². The SMILES string of the molecule is CCOc1ccc(S(=O)(=O)Nc2ccc(S(N)(=O)=O)cc2)cc1Cl. The summed E-state index contributed by atoms with van der Waals surface area (Å²) in [5, 5.41) is 5.16. The van der Waals surface area contributed by atoms with E-state index < -0.39 is 20.0 Å². The van der Waals surface area contributed by atoms with E-state index in [1.165, 1.54) is 42.5 Å². The Morgan fingerprint density at radius 3 is 2.12 bits per heavy atom. The number of hydrogen-bond acceptors (Lipinski definition) is 5. The average molecular weight is 391 g/mol. The maximum absolute atomic E-state index is 12.4. The van der Waals surface area contributed by atoms with Crippen molar-refractivity contribution in [2.45, 2.75) is 16.7 Å². The van der Waals surface area contributed by atoms with Crippen LogP contribution in [0.4, 0.5) is 5.69 Å². The molecule has 0 aliphatic rings. The summed E-state index contributed by atoms with van der Waals surface area (Å²) in [5.74, 6) is 0.385. The van der Waals surface area contributed by atoms with Crippen molar-refractivity contribution in [3.63, 3.8) is 0 Å². The molecule has 2 aromatic carbocycles. The number of ether oxygens (including phenoxy) is 1. The molecule has 0 radical (unpaired) electrons. The van der Waals surface area contributed by atoms with Gasteiger partial charge in [0, 0.05) is 5.69 Å².